The van der Waals surface area contributed by atoms with E-state index >= 15 is 0 Å². The van der Waals surface area contributed by atoms with Gasteiger partial charge in [0, 0.05) is 13.1 Å². The maximum absolute atomic E-state index is 11.0. The lowest BCUT2D eigenvalue weighted by molar-refractivity contribution is -0.395. The minimum atomic E-state index is -0.831. The van der Waals surface area contributed by atoms with Crippen LogP contribution in [-0.2, 0) is 6.42 Å². The number of piperidine rings is 2. The van der Waals surface area contributed by atoms with Gasteiger partial charge < -0.3 is 15.5 Å². The van der Waals surface area contributed by atoms with Crippen LogP contribution in [0.15, 0.2) is 24.5 Å². The minimum Gasteiger partial charge on any atom is -0.329 e. The second-order valence-electron chi connectivity index (χ2n) is 9.89. The number of likely N-dealkylation sites (tertiary alicyclic amines) is 2. The van der Waals surface area contributed by atoms with Crippen LogP contribution in [0.25, 0.3) is 0 Å². The highest BCUT2D eigenvalue weighted by Gasteiger charge is 2.21. The van der Waals surface area contributed by atoms with Gasteiger partial charge in [-0.2, -0.15) is 0 Å². The zero-order valence-corrected chi connectivity index (χ0v) is 24.5. The second kappa shape index (κ2) is 20.1. The van der Waals surface area contributed by atoms with Crippen molar-refractivity contribution in [2.75, 3.05) is 45.8 Å². The van der Waals surface area contributed by atoms with E-state index in [9.17, 15) is 40.5 Å². The van der Waals surface area contributed by atoms with Crippen LogP contribution in [0.5, 0.6) is 0 Å². The van der Waals surface area contributed by atoms with Crippen LogP contribution in [-0.4, -0.2) is 85.3 Å². The molecule has 0 spiro atoms. The number of aryl methyl sites for hydroxylation is 1. The molecule has 0 saturated carbocycles. The molecule has 0 aromatic carbocycles. The van der Waals surface area contributed by atoms with Gasteiger partial charge in [0.25, 0.3) is 17.1 Å². The predicted octanol–water partition coefficient (Wildman–Crippen LogP) is 4.94. The summed E-state index contributed by atoms with van der Waals surface area (Å²) in [6, 6.07) is 1.75. The Morgan fingerprint density at radius 2 is 1.16 bits per heavy atom. The highest BCUT2D eigenvalue weighted by molar-refractivity contribution is 6.31. The third-order valence-electron chi connectivity index (χ3n) is 6.78. The van der Waals surface area contributed by atoms with Gasteiger partial charge in [-0.05, 0) is 71.2 Å². The summed E-state index contributed by atoms with van der Waals surface area (Å²) in [5, 5.41) is 41.7. The average molecular weight is 642 g/mol. The Morgan fingerprint density at radius 1 is 0.705 bits per heavy atom. The standard InChI is InChI=1S/C13H18N4O4.C7H16N2.C5H2ClN3O4.CH4/c18-16(19)11-9-13(17(20)21)12(14-10-11)5-4-8-15-6-2-1-3-7-15;8-4-7-9-5-2-1-3-6-9;6-5-4(9(12)13)1-3(2-7-5)8(10)11;/h9-10H,1-8H2;1-8H2;1-2H;1H4. The van der Waals surface area contributed by atoms with Crippen molar-refractivity contribution in [3.8, 4) is 0 Å². The number of aromatic nitrogens is 2. The lowest BCUT2D eigenvalue weighted by atomic mass is 10.1. The molecule has 2 aromatic heterocycles. The summed E-state index contributed by atoms with van der Waals surface area (Å²) < 4.78 is 0. The maximum Gasteiger partial charge on any atom is 0.313 e. The monoisotopic (exact) mass is 641 g/mol. The number of halogens is 1. The molecule has 2 aliphatic rings. The van der Waals surface area contributed by atoms with E-state index in [0.717, 1.165) is 63.7 Å². The molecule has 0 amide bonds. The van der Waals surface area contributed by atoms with Gasteiger partial charge in [0.15, 0.2) is 0 Å². The highest BCUT2D eigenvalue weighted by atomic mass is 35.5. The van der Waals surface area contributed by atoms with Crippen LogP contribution >= 0.6 is 11.6 Å². The maximum atomic E-state index is 11.0. The van der Waals surface area contributed by atoms with Crippen molar-refractivity contribution in [1.82, 2.24) is 19.8 Å². The van der Waals surface area contributed by atoms with Crippen LogP contribution in [0, 0.1) is 40.5 Å². The number of rotatable bonds is 10. The molecule has 17 nitrogen and oxygen atoms in total. The van der Waals surface area contributed by atoms with Crippen molar-refractivity contribution in [3.63, 3.8) is 0 Å². The van der Waals surface area contributed by atoms with Gasteiger partial charge in [-0.3, -0.25) is 40.5 Å². The molecule has 4 heterocycles. The Balaban J connectivity index is 0.000000359. The van der Waals surface area contributed by atoms with E-state index in [1.807, 2.05) is 0 Å². The molecule has 18 heteroatoms. The fraction of sp³-hybridized carbons (Fsp3) is 0.615. The van der Waals surface area contributed by atoms with Crippen molar-refractivity contribution >= 4 is 34.4 Å². The van der Waals surface area contributed by atoms with Crippen molar-refractivity contribution < 1.29 is 19.7 Å². The van der Waals surface area contributed by atoms with Crippen LogP contribution in [0.1, 0.15) is 58.1 Å². The normalized spacial score (nSPS) is 15.0. The van der Waals surface area contributed by atoms with E-state index in [1.54, 1.807) is 0 Å². The van der Waals surface area contributed by atoms with Crippen molar-refractivity contribution in [2.45, 2.75) is 58.8 Å². The molecule has 44 heavy (non-hydrogen) atoms. The first-order valence-corrected chi connectivity index (χ1v) is 14.3. The molecule has 2 N–H and O–H groups in total. The zero-order valence-electron chi connectivity index (χ0n) is 23.7. The van der Waals surface area contributed by atoms with Gasteiger partial charge in [0.05, 0.1) is 31.8 Å². The zero-order chi connectivity index (χ0) is 31.8. The molecular formula is C26H40ClN9O8. The summed E-state index contributed by atoms with van der Waals surface area (Å²) in [5.74, 6) is 0. The molecule has 4 rings (SSSR count). The molecule has 2 aromatic rings. The first kappa shape index (κ1) is 38.1. The van der Waals surface area contributed by atoms with Crippen LogP contribution in [0.2, 0.25) is 5.15 Å². The van der Waals surface area contributed by atoms with Crippen LogP contribution in [0.4, 0.5) is 22.7 Å². The fourth-order valence-corrected chi connectivity index (χ4v) is 4.77. The molecule has 0 atom stereocenters. The predicted molar refractivity (Wildman–Crippen MR) is 165 cm³/mol. The topological polar surface area (TPSA) is 231 Å². The highest BCUT2D eigenvalue weighted by Crippen LogP contribution is 2.26. The minimum absolute atomic E-state index is 0. The van der Waals surface area contributed by atoms with E-state index < -0.39 is 31.1 Å². The summed E-state index contributed by atoms with van der Waals surface area (Å²) in [6.07, 6.45) is 11.0. The Labute approximate surface area is 260 Å². The summed E-state index contributed by atoms with van der Waals surface area (Å²) in [4.78, 5) is 51.2. The van der Waals surface area contributed by atoms with Crippen molar-refractivity contribution in [2.24, 2.45) is 5.73 Å². The van der Waals surface area contributed by atoms with E-state index in [1.165, 1.54) is 51.6 Å². The molecular weight excluding hydrogens is 602 g/mol. The first-order chi connectivity index (χ1) is 20.5. The summed E-state index contributed by atoms with van der Waals surface area (Å²) in [7, 11) is 0. The molecule has 0 bridgehead atoms. The smallest absolute Gasteiger partial charge is 0.313 e. The van der Waals surface area contributed by atoms with E-state index in [4.69, 9.17) is 17.3 Å². The van der Waals surface area contributed by atoms with E-state index in [2.05, 4.69) is 19.8 Å². The molecule has 244 valence electrons. The van der Waals surface area contributed by atoms with Crippen molar-refractivity contribution in [1.29, 1.82) is 0 Å². The van der Waals surface area contributed by atoms with Gasteiger partial charge in [-0.25, -0.2) is 9.97 Å². The fourth-order valence-electron chi connectivity index (χ4n) is 4.59. The van der Waals surface area contributed by atoms with Gasteiger partial charge in [0.2, 0.25) is 5.15 Å². The number of nitrogens with two attached hydrogens (primary N) is 1. The second-order valence-corrected chi connectivity index (χ2v) is 10.2. The Kier molecular flexibility index (Phi) is 17.4. The summed E-state index contributed by atoms with van der Waals surface area (Å²) in [5.41, 5.74) is 4.10. The van der Waals surface area contributed by atoms with Gasteiger partial charge >= 0.3 is 5.69 Å². The molecule has 2 saturated heterocycles. The third kappa shape index (κ3) is 13.2. The van der Waals surface area contributed by atoms with Gasteiger partial charge in [-0.15, -0.1) is 0 Å². The van der Waals surface area contributed by atoms with Crippen molar-refractivity contribution in [3.05, 3.63) is 75.8 Å². The number of pyridine rings is 2. The number of nitrogens with zero attached hydrogens (tertiary/aromatic N) is 8. The molecule has 2 aliphatic heterocycles. The third-order valence-corrected chi connectivity index (χ3v) is 7.08. The largest absolute Gasteiger partial charge is 0.329 e. The summed E-state index contributed by atoms with van der Waals surface area (Å²) in [6.45, 7) is 7.51. The lowest BCUT2D eigenvalue weighted by Gasteiger charge is -2.26. The quantitative estimate of drug-likeness (QED) is 0.206. The Morgan fingerprint density at radius 3 is 1.61 bits per heavy atom. The molecule has 0 aliphatic carbocycles. The molecule has 2 fully saturated rings. The van der Waals surface area contributed by atoms with E-state index in [-0.39, 0.29) is 24.0 Å². The molecule has 0 radical (unpaired) electrons. The number of hydrogen-bond acceptors (Lipinski definition) is 13. The van der Waals surface area contributed by atoms with Crippen LogP contribution in [0.3, 0.4) is 0 Å². The van der Waals surface area contributed by atoms with Gasteiger partial charge in [-0.1, -0.05) is 31.9 Å². The van der Waals surface area contributed by atoms with Gasteiger partial charge in [0.1, 0.15) is 18.1 Å². The number of nitro groups is 4. The Hall–Kier alpha value is -3.93. The first-order valence-electron chi connectivity index (χ1n) is 13.9. The molecule has 0 unspecified atom stereocenters. The SMILES string of the molecule is C.NCCN1CCCCC1.O=[N+]([O-])c1cnc(CCCN2CCCCC2)c([N+](=O)[O-])c1.O=[N+]([O-])c1cnc(Cl)c([N+](=O)[O-])c1. The Bertz CT molecular complexity index is 1240. The summed E-state index contributed by atoms with van der Waals surface area (Å²) >= 11 is 5.32. The number of hydrogen-bond donors (Lipinski definition) is 1. The van der Waals surface area contributed by atoms with E-state index in [0.29, 0.717) is 12.1 Å². The average Bonchev–Trinajstić information content (AvgIpc) is 2.99. The van der Waals surface area contributed by atoms with Crippen LogP contribution < -0.4 is 5.73 Å². The lowest BCUT2D eigenvalue weighted by Crippen LogP contribution is -2.33.